The maximum atomic E-state index is 1.67. The molecular formula is C19H33P. The Labute approximate surface area is 127 Å². The van der Waals surface area contributed by atoms with Gasteiger partial charge in [-0.25, -0.2) is 0 Å². The molecule has 0 N–H and O–H groups in total. The highest BCUT2D eigenvalue weighted by molar-refractivity contribution is 7.60. The van der Waals surface area contributed by atoms with E-state index in [2.05, 4.69) is 0 Å². The van der Waals surface area contributed by atoms with Crippen molar-refractivity contribution in [3.63, 3.8) is 0 Å². The van der Waals surface area contributed by atoms with Crippen LogP contribution >= 0.6 is 7.92 Å². The second-order valence-corrected chi connectivity index (χ2v) is 11.3. The zero-order chi connectivity index (χ0) is 13.4. The van der Waals surface area contributed by atoms with E-state index >= 15 is 0 Å². The van der Waals surface area contributed by atoms with Crippen LogP contribution in [-0.2, 0) is 0 Å². The minimum Gasteiger partial charge on any atom is -0.0969 e. The number of fused-ring (bicyclic) bond motifs is 2. The van der Waals surface area contributed by atoms with Crippen molar-refractivity contribution in [1.29, 1.82) is 0 Å². The van der Waals surface area contributed by atoms with Gasteiger partial charge in [-0.15, -0.1) is 0 Å². The molecule has 0 aromatic heterocycles. The first-order chi connectivity index (χ1) is 9.92. The van der Waals surface area contributed by atoms with E-state index < -0.39 is 0 Å². The van der Waals surface area contributed by atoms with E-state index in [1.165, 1.54) is 28.8 Å². The molecule has 0 saturated heterocycles. The summed E-state index contributed by atoms with van der Waals surface area (Å²) in [5.41, 5.74) is 3.63. The van der Waals surface area contributed by atoms with Crippen molar-refractivity contribution in [1.82, 2.24) is 0 Å². The van der Waals surface area contributed by atoms with Crippen molar-refractivity contribution in [3.05, 3.63) is 0 Å². The lowest BCUT2D eigenvalue weighted by Crippen LogP contribution is -2.29. The van der Waals surface area contributed by atoms with E-state index in [1.807, 2.05) is 0 Å². The van der Waals surface area contributed by atoms with Crippen LogP contribution in [0, 0.1) is 11.8 Å². The van der Waals surface area contributed by atoms with Crippen molar-refractivity contribution in [2.75, 3.05) is 0 Å². The monoisotopic (exact) mass is 292 g/mol. The first-order valence-electron chi connectivity index (χ1n) is 9.69. The lowest BCUT2D eigenvalue weighted by Gasteiger charge is -2.44. The molecule has 4 rings (SSSR count). The second kappa shape index (κ2) is 6.28. The van der Waals surface area contributed by atoms with Crippen LogP contribution in [0.4, 0.5) is 0 Å². The largest absolute Gasteiger partial charge is 0.0969 e. The average Bonchev–Trinajstić information content (AvgIpc) is 3.13. The van der Waals surface area contributed by atoms with Gasteiger partial charge in [0.25, 0.3) is 0 Å². The van der Waals surface area contributed by atoms with Crippen LogP contribution in [0.25, 0.3) is 0 Å². The van der Waals surface area contributed by atoms with Gasteiger partial charge in [-0.05, 0) is 73.8 Å². The van der Waals surface area contributed by atoms with E-state index in [0.717, 1.165) is 0 Å². The number of hydrogen-bond acceptors (Lipinski definition) is 0. The molecule has 0 nitrogen and oxygen atoms in total. The summed E-state index contributed by atoms with van der Waals surface area (Å²) in [6, 6.07) is 0. The Balaban J connectivity index is 1.52. The molecule has 0 aliphatic heterocycles. The Bertz CT molecular complexity index is 296. The highest BCUT2D eigenvalue weighted by atomic mass is 31.1. The smallest absolute Gasteiger partial charge is 0.0173 e. The molecule has 3 unspecified atom stereocenters. The van der Waals surface area contributed by atoms with Gasteiger partial charge in [-0.1, -0.05) is 52.9 Å². The first kappa shape index (κ1) is 14.0. The third-order valence-electron chi connectivity index (χ3n) is 7.08. The van der Waals surface area contributed by atoms with Crippen molar-refractivity contribution >= 4 is 7.92 Å². The fourth-order valence-electron chi connectivity index (χ4n) is 6.17. The molecule has 4 saturated carbocycles. The molecule has 4 aliphatic carbocycles. The topological polar surface area (TPSA) is 0 Å². The lowest BCUT2D eigenvalue weighted by atomic mass is 9.99. The maximum Gasteiger partial charge on any atom is -0.0173 e. The van der Waals surface area contributed by atoms with E-state index in [0.29, 0.717) is 7.92 Å². The van der Waals surface area contributed by atoms with Gasteiger partial charge in [0.15, 0.2) is 0 Å². The minimum atomic E-state index is 0.387. The summed E-state index contributed by atoms with van der Waals surface area (Å²) >= 11 is 0. The van der Waals surface area contributed by atoms with Gasteiger partial charge in [0, 0.05) is 0 Å². The summed E-state index contributed by atoms with van der Waals surface area (Å²) in [7, 11) is 0.387. The fraction of sp³-hybridized carbons (Fsp3) is 1.00. The zero-order valence-electron chi connectivity index (χ0n) is 13.2. The summed E-state index contributed by atoms with van der Waals surface area (Å²) in [4.78, 5) is 0. The van der Waals surface area contributed by atoms with Gasteiger partial charge < -0.3 is 0 Å². The molecule has 114 valence electrons. The highest BCUT2D eigenvalue weighted by Gasteiger charge is 2.47. The molecule has 2 bridgehead atoms. The minimum absolute atomic E-state index is 0.387. The predicted molar refractivity (Wildman–Crippen MR) is 89.9 cm³/mol. The van der Waals surface area contributed by atoms with Crippen molar-refractivity contribution < 1.29 is 0 Å². The summed E-state index contributed by atoms with van der Waals surface area (Å²) in [6.45, 7) is 0. The summed E-state index contributed by atoms with van der Waals surface area (Å²) < 4.78 is 0. The molecule has 3 atom stereocenters. The molecule has 0 radical (unpaired) electrons. The van der Waals surface area contributed by atoms with Crippen molar-refractivity contribution in [2.24, 2.45) is 11.8 Å². The third kappa shape index (κ3) is 2.71. The van der Waals surface area contributed by atoms with Gasteiger partial charge in [-0.3, -0.25) is 0 Å². The normalized spacial score (nSPS) is 39.8. The van der Waals surface area contributed by atoms with Gasteiger partial charge >= 0.3 is 0 Å². The Morgan fingerprint density at radius 1 is 0.550 bits per heavy atom. The quantitative estimate of drug-likeness (QED) is 0.534. The van der Waals surface area contributed by atoms with Crippen molar-refractivity contribution in [3.8, 4) is 0 Å². The molecular weight excluding hydrogens is 259 g/mol. The number of hydrogen-bond donors (Lipinski definition) is 0. The lowest BCUT2D eigenvalue weighted by molar-refractivity contribution is 0.450. The Morgan fingerprint density at radius 2 is 1.15 bits per heavy atom. The van der Waals surface area contributed by atoms with E-state index in [9.17, 15) is 0 Å². The molecule has 1 heteroatoms. The average molecular weight is 292 g/mol. The third-order valence-corrected chi connectivity index (χ3v) is 11.2. The van der Waals surface area contributed by atoms with Crippen LogP contribution in [0.5, 0.6) is 0 Å². The zero-order valence-corrected chi connectivity index (χ0v) is 14.1. The SMILES string of the molecule is C1CCC(P(C2CCCCC2)C2CC3CCC2C3)CC1. The second-order valence-electron chi connectivity index (χ2n) is 8.27. The van der Waals surface area contributed by atoms with Crippen LogP contribution < -0.4 is 0 Å². The molecule has 0 amide bonds. The van der Waals surface area contributed by atoms with Gasteiger partial charge in [-0.2, -0.15) is 0 Å². The Morgan fingerprint density at radius 3 is 1.60 bits per heavy atom. The molecule has 0 aromatic carbocycles. The summed E-state index contributed by atoms with van der Waals surface area (Å²) in [5.74, 6) is 2.36. The van der Waals surface area contributed by atoms with Crippen LogP contribution in [0.2, 0.25) is 0 Å². The maximum absolute atomic E-state index is 1.67. The molecule has 20 heavy (non-hydrogen) atoms. The van der Waals surface area contributed by atoms with Crippen LogP contribution in [0.1, 0.15) is 89.9 Å². The molecule has 0 heterocycles. The van der Waals surface area contributed by atoms with Crippen LogP contribution in [0.3, 0.4) is 0 Å². The molecule has 0 spiro atoms. The molecule has 0 aromatic rings. The first-order valence-corrected chi connectivity index (χ1v) is 11.2. The van der Waals surface area contributed by atoms with E-state index in [-0.39, 0.29) is 0 Å². The Kier molecular flexibility index (Phi) is 4.41. The summed E-state index contributed by atoms with van der Waals surface area (Å²) in [6.07, 6.45) is 22.4. The van der Waals surface area contributed by atoms with Crippen LogP contribution in [-0.4, -0.2) is 17.0 Å². The van der Waals surface area contributed by atoms with E-state index in [4.69, 9.17) is 0 Å². The molecule has 4 aliphatic rings. The predicted octanol–water partition coefficient (Wildman–Crippen LogP) is 6.32. The highest BCUT2D eigenvalue weighted by Crippen LogP contribution is 2.66. The van der Waals surface area contributed by atoms with Crippen molar-refractivity contribution in [2.45, 2.75) is 107 Å². The molecule has 4 fully saturated rings. The Hall–Kier alpha value is 0.430. The standard InChI is InChI=1S/C19H33P/c1-3-7-17(8-4-1)20(18-9-5-2-6-10-18)19-14-15-11-12-16(19)13-15/h15-19H,1-14H2. The van der Waals surface area contributed by atoms with Gasteiger partial charge in [0.2, 0.25) is 0 Å². The number of rotatable bonds is 3. The van der Waals surface area contributed by atoms with Gasteiger partial charge in [0.05, 0.1) is 0 Å². The van der Waals surface area contributed by atoms with Crippen LogP contribution in [0.15, 0.2) is 0 Å². The summed E-state index contributed by atoms with van der Waals surface area (Å²) in [5, 5.41) is 0. The van der Waals surface area contributed by atoms with Gasteiger partial charge in [0.1, 0.15) is 0 Å². The fourth-order valence-corrected chi connectivity index (χ4v) is 11.1. The van der Waals surface area contributed by atoms with E-state index in [1.54, 1.807) is 89.9 Å².